The highest BCUT2D eigenvalue weighted by molar-refractivity contribution is 6.30. The normalized spacial score (nSPS) is 23.9. The number of rotatable bonds is 4. The Balaban J connectivity index is 1.95. The lowest BCUT2D eigenvalue weighted by atomic mass is 10.2. The molecule has 4 heteroatoms. The Bertz CT molecular complexity index is 354. The van der Waals surface area contributed by atoms with Crippen LogP contribution in [0.3, 0.4) is 0 Å². The number of halogens is 1. The fraction of sp³-hybridized carbons (Fsp3) is 0.545. The molecule has 1 aliphatic rings. The average Bonchev–Trinajstić information content (AvgIpc) is 2.90. The first-order chi connectivity index (χ1) is 7.20. The third kappa shape index (κ3) is 2.53. The second kappa shape index (κ2) is 4.27. The van der Waals surface area contributed by atoms with Gasteiger partial charge in [0.25, 0.3) is 0 Å². The van der Waals surface area contributed by atoms with E-state index in [1.165, 1.54) is 19.3 Å². The van der Waals surface area contributed by atoms with Crippen LogP contribution in [0.5, 0.6) is 0 Å². The average molecular weight is 226 g/mol. The molecule has 82 valence electrons. The first-order valence-electron chi connectivity index (χ1n) is 5.38. The Morgan fingerprint density at radius 2 is 2.47 bits per heavy atom. The number of hydrogen-bond acceptors (Lipinski definition) is 3. The summed E-state index contributed by atoms with van der Waals surface area (Å²) >= 11 is 5.78. The molecule has 2 rings (SSSR count). The largest absolute Gasteiger partial charge is 0.396 e. The van der Waals surface area contributed by atoms with E-state index in [1.54, 1.807) is 12.3 Å². The molecule has 1 heterocycles. The van der Waals surface area contributed by atoms with Gasteiger partial charge in [-0.2, -0.15) is 0 Å². The van der Waals surface area contributed by atoms with Gasteiger partial charge in [-0.15, -0.1) is 0 Å². The molecule has 1 aliphatic carbocycles. The van der Waals surface area contributed by atoms with Crippen LogP contribution < -0.4 is 11.1 Å². The molecule has 1 aromatic heterocycles. The highest BCUT2D eigenvalue weighted by Crippen LogP contribution is 2.37. The van der Waals surface area contributed by atoms with E-state index in [0.717, 1.165) is 11.7 Å². The first-order valence-corrected chi connectivity index (χ1v) is 5.76. The van der Waals surface area contributed by atoms with Crippen LogP contribution in [-0.2, 0) is 0 Å². The smallest absolute Gasteiger partial charge is 0.149 e. The summed E-state index contributed by atoms with van der Waals surface area (Å²) in [6.07, 6.45) is 5.38. The van der Waals surface area contributed by atoms with Crippen molar-refractivity contribution >= 4 is 23.1 Å². The second-order valence-electron chi connectivity index (χ2n) is 4.13. The van der Waals surface area contributed by atoms with Gasteiger partial charge in [-0.3, -0.25) is 0 Å². The Kier molecular flexibility index (Phi) is 3.00. The van der Waals surface area contributed by atoms with Crippen molar-refractivity contribution in [3.05, 3.63) is 17.3 Å². The van der Waals surface area contributed by atoms with Crippen molar-refractivity contribution in [2.45, 2.75) is 32.2 Å². The van der Waals surface area contributed by atoms with Crippen LogP contribution >= 0.6 is 11.6 Å². The van der Waals surface area contributed by atoms with E-state index in [0.29, 0.717) is 16.8 Å². The number of nitrogens with one attached hydrogen (secondary N) is 1. The molecular weight excluding hydrogens is 210 g/mol. The zero-order valence-corrected chi connectivity index (χ0v) is 9.59. The van der Waals surface area contributed by atoms with Crippen molar-refractivity contribution in [2.24, 2.45) is 5.92 Å². The van der Waals surface area contributed by atoms with Gasteiger partial charge >= 0.3 is 0 Å². The summed E-state index contributed by atoms with van der Waals surface area (Å²) in [5.41, 5.74) is 6.44. The van der Waals surface area contributed by atoms with E-state index in [1.807, 2.05) is 0 Å². The molecule has 0 aromatic carbocycles. The minimum Gasteiger partial charge on any atom is -0.396 e. The van der Waals surface area contributed by atoms with E-state index in [4.69, 9.17) is 17.3 Å². The molecular formula is C11H16ClN3. The van der Waals surface area contributed by atoms with Gasteiger partial charge in [0.05, 0.1) is 10.7 Å². The Morgan fingerprint density at radius 3 is 3.13 bits per heavy atom. The van der Waals surface area contributed by atoms with E-state index < -0.39 is 0 Å². The summed E-state index contributed by atoms with van der Waals surface area (Å²) < 4.78 is 0. The van der Waals surface area contributed by atoms with Crippen molar-refractivity contribution in [3.8, 4) is 0 Å². The fourth-order valence-electron chi connectivity index (χ4n) is 1.87. The minimum absolute atomic E-state index is 0.556. The van der Waals surface area contributed by atoms with E-state index >= 15 is 0 Å². The molecule has 0 amide bonds. The summed E-state index contributed by atoms with van der Waals surface area (Å²) in [7, 11) is 0. The molecule has 15 heavy (non-hydrogen) atoms. The summed E-state index contributed by atoms with van der Waals surface area (Å²) in [6, 6.07) is 2.29. The van der Waals surface area contributed by atoms with E-state index in [-0.39, 0.29) is 0 Å². The van der Waals surface area contributed by atoms with E-state index in [9.17, 15) is 0 Å². The van der Waals surface area contributed by atoms with Gasteiger partial charge in [0.15, 0.2) is 0 Å². The molecule has 0 aliphatic heterocycles. The van der Waals surface area contributed by atoms with Crippen LogP contribution in [0.25, 0.3) is 0 Å². The summed E-state index contributed by atoms with van der Waals surface area (Å²) in [4.78, 5) is 4.18. The van der Waals surface area contributed by atoms with Gasteiger partial charge in [-0.25, -0.2) is 4.98 Å². The van der Waals surface area contributed by atoms with Crippen molar-refractivity contribution in [1.29, 1.82) is 0 Å². The molecule has 0 bridgehead atoms. The fourth-order valence-corrected chi connectivity index (χ4v) is 2.03. The van der Waals surface area contributed by atoms with Gasteiger partial charge in [-0.1, -0.05) is 24.9 Å². The monoisotopic (exact) mass is 225 g/mol. The zero-order chi connectivity index (χ0) is 10.8. The van der Waals surface area contributed by atoms with Gasteiger partial charge in [-0.05, 0) is 24.8 Å². The zero-order valence-electron chi connectivity index (χ0n) is 8.83. The van der Waals surface area contributed by atoms with Crippen LogP contribution in [0, 0.1) is 5.92 Å². The lowest BCUT2D eigenvalue weighted by Gasteiger charge is -2.07. The van der Waals surface area contributed by atoms with Crippen molar-refractivity contribution in [2.75, 3.05) is 11.1 Å². The van der Waals surface area contributed by atoms with Crippen molar-refractivity contribution < 1.29 is 0 Å². The van der Waals surface area contributed by atoms with E-state index in [2.05, 4.69) is 17.2 Å². The summed E-state index contributed by atoms with van der Waals surface area (Å²) in [6.45, 7) is 2.21. The lowest BCUT2D eigenvalue weighted by molar-refractivity contribution is 0.692. The van der Waals surface area contributed by atoms with Crippen LogP contribution in [0.15, 0.2) is 12.3 Å². The molecule has 3 nitrogen and oxygen atoms in total. The maximum absolute atomic E-state index is 5.81. The van der Waals surface area contributed by atoms with Crippen LogP contribution in [0.1, 0.15) is 26.2 Å². The second-order valence-corrected chi connectivity index (χ2v) is 4.56. The molecule has 1 saturated carbocycles. The molecule has 1 aromatic rings. The standard InChI is InChI=1S/C11H16ClN3/c1-2-3-7-4-10(7)15-11-9(13)5-8(12)6-14-11/h5-7,10H,2-4,13H2,1H3,(H,14,15). The summed E-state index contributed by atoms with van der Waals surface area (Å²) in [5.74, 6) is 1.56. The maximum atomic E-state index is 5.81. The quantitative estimate of drug-likeness (QED) is 0.829. The number of nitrogens with zero attached hydrogens (tertiary/aromatic N) is 1. The molecule has 2 unspecified atom stereocenters. The highest BCUT2D eigenvalue weighted by atomic mass is 35.5. The van der Waals surface area contributed by atoms with Gasteiger partial charge < -0.3 is 11.1 Å². The molecule has 1 fully saturated rings. The van der Waals surface area contributed by atoms with Gasteiger partial charge in [0.2, 0.25) is 0 Å². The third-order valence-corrected chi connectivity index (χ3v) is 2.99. The Labute approximate surface area is 95.0 Å². The van der Waals surface area contributed by atoms with Crippen molar-refractivity contribution in [1.82, 2.24) is 4.98 Å². The molecule has 0 saturated heterocycles. The number of aromatic nitrogens is 1. The molecule has 2 atom stereocenters. The molecule has 0 spiro atoms. The Morgan fingerprint density at radius 1 is 1.67 bits per heavy atom. The van der Waals surface area contributed by atoms with Crippen molar-refractivity contribution in [3.63, 3.8) is 0 Å². The highest BCUT2D eigenvalue weighted by Gasteiger charge is 2.36. The predicted molar refractivity (Wildman–Crippen MR) is 64.1 cm³/mol. The summed E-state index contributed by atoms with van der Waals surface area (Å²) in [5, 5.41) is 3.93. The minimum atomic E-state index is 0.556. The number of nitrogens with two attached hydrogens (primary N) is 1. The number of hydrogen-bond donors (Lipinski definition) is 2. The van der Waals surface area contributed by atoms with Gasteiger partial charge in [0, 0.05) is 12.2 Å². The van der Waals surface area contributed by atoms with Crippen LogP contribution in [-0.4, -0.2) is 11.0 Å². The van der Waals surface area contributed by atoms with Crippen LogP contribution in [0.2, 0.25) is 5.02 Å². The van der Waals surface area contributed by atoms with Gasteiger partial charge in [0.1, 0.15) is 5.82 Å². The molecule has 0 radical (unpaired) electrons. The molecule has 3 N–H and O–H groups in total. The maximum Gasteiger partial charge on any atom is 0.149 e. The third-order valence-electron chi connectivity index (χ3n) is 2.79. The SMILES string of the molecule is CCCC1CC1Nc1ncc(Cl)cc1N. The lowest BCUT2D eigenvalue weighted by Crippen LogP contribution is -2.08. The number of nitrogen functional groups attached to an aromatic ring is 1. The number of pyridine rings is 1. The predicted octanol–water partition coefficient (Wildman–Crippen LogP) is 2.92. The number of anilines is 2. The van der Waals surface area contributed by atoms with Crippen LogP contribution in [0.4, 0.5) is 11.5 Å². The first kappa shape index (κ1) is 10.6. The topological polar surface area (TPSA) is 50.9 Å². The Hall–Kier alpha value is -0.960.